The number of furan rings is 1. The van der Waals surface area contributed by atoms with Crippen LogP contribution in [0.15, 0.2) is 53.3 Å². The molecule has 0 saturated carbocycles. The standard InChI is InChI=1S/C19H16N2O/c1-3-13-5-7-16(21-10-13)18-12(2)4-6-14-15-11-20-9-8-17(15)22-19(14)18/h4-11H,3H2,1-2H3. The summed E-state index contributed by atoms with van der Waals surface area (Å²) < 4.78 is 6.10. The van der Waals surface area contributed by atoms with Gasteiger partial charge in [0.15, 0.2) is 0 Å². The molecular formula is C19H16N2O. The summed E-state index contributed by atoms with van der Waals surface area (Å²) in [7, 11) is 0. The van der Waals surface area contributed by atoms with E-state index in [-0.39, 0.29) is 0 Å². The molecule has 22 heavy (non-hydrogen) atoms. The Morgan fingerprint density at radius 2 is 1.91 bits per heavy atom. The summed E-state index contributed by atoms with van der Waals surface area (Å²) in [5, 5.41) is 2.13. The molecule has 3 heteroatoms. The molecule has 0 N–H and O–H groups in total. The topological polar surface area (TPSA) is 38.9 Å². The number of benzene rings is 1. The lowest BCUT2D eigenvalue weighted by atomic mass is 10.0. The molecule has 3 nitrogen and oxygen atoms in total. The Hall–Kier alpha value is -2.68. The van der Waals surface area contributed by atoms with E-state index in [0.717, 1.165) is 45.2 Å². The monoisotopic (exact) mass is 288 g/mol. The normalized spacial score (nSPS) is 11.4. The second kappa shape index (κ2) is 4.95. The van der Waals surface area contributed by atoms with Gasteiger partial charge >= 0.3 is 0 Å². The average molecular weight is 288 g/mol. The fourth-order valence-corrected chi connectivity index (χ4v) is 2.88. The van der Waals surface area contributed by atoms with Crippen molar-refractivity contribution in [3.63, 3.8) is 0 Å². The molecule has 1 aromatic carbocycles. The van der Waals surface area contributed by atoms with Gasteiger partial charge < -0.3 is 4.42 Å². The van der Waals surface area contributed by atoms with Gasteiger partial charge in [0.2, 0.25) is 0 Å². The number of rotatable bonds is 2. The van der Waals surface area contributed by atoms with E-state index < -0.39 is 0 Å². The minimum absolute atomic E-state index is 0.863. The van der Waals surface area contributed by atoms with E-state index >= 15 is 0 Å². The molecular weight excluding hydrogens is 272 g/mol. The van der Waals surface area contributed by atoms with E-state index in [1.54, 1.807) is 6.20 Å². The summed E-state index contributed by atoms with van der Waals surface area (Å²) in [6.45, 7) is 4.23. The lowest BCUT2D eigenvalue weighted by Crippen LogP contribution is -1.90. The van der Waals surface area contributed by atoms with Crippen LogP contribution in [0.3, 0.4) is 0 Å². The quantitative estimate of drug-likeness (QED) is 0.526. The molecule has 0 unspecified atom stereocenters. The highest BCUT2D eigenvalue weighted by Gasteiger charge is 2.15. The summed E-state index contributed by atoms with van der Waals surface area (Å²) in [6, 6.07) is 10.3. The molecule has 0 aliphatic rings. The molecule has 0 bridgehead atoms. The Balaban J connectivity index is 2.04. The summed E-state index contributed by atoms with van der Waals surface area (Å²) in [6.07, 6.45) is 6.55. The van der Waals surface area contributed by atoms with Crippen LogP contribution in [0.2, 0.25) is 0 Å². The van der Waals surface area contributed by atoms with E-state index in [2.05, 4.69) is 48.1 Å². The molecule has 0 aliphatic heterocycles. The van der Waals surface area contributed by atoms with Gasteiger partial charge in [0.1, 0.15) is 11.2 Å². The maximum absolute atomic E-state index is 6.10. The van der Waals surface area contributed by atoms with E-state index in [4.69, 9.17) is 4.42 Å². The van der Waals surface area contributed by atoms with Crippen LogP contribution in [0.25, 0.3) is 33.2 Å². The molecule has 0 amide bonds. The number of fused-ring (bicyclic) bond motifs is 3. The number of pyridine rings is 2. The van der Waals surface area contributed by atoms with Gasteiger partial charge in [0.05, 0.1) is 5.69 Å². The summed E-state index contributed by atoms with van der Waals surface area (Å²) in [5.41, 5.74) is 6.17. The Kier molecular flexibility index (Phi) is 2.93. The third kappa shape index (κ3) is 1.90. The molecule has 0 saturated heterocycles. The summed E-state index contributed by atoms with van der Waals surface area (Å²) >= 11 is 0. The first-order valence-corrected chi connectivity index (χ1v) is 7.49. The molecule has 0 aliphatic carbocycles. The van der Waals surface area contributed by atoms with Gasteiger partial charge in [-0.15, -0.1) is 0 Å². The van der Waals surface area contributed by atoms with Crippen molar-refractivity contribution in [3.8, 4) is 11.3 Å². The number of aromatic nitrogens is 2. The van der Waals surface area contributed by atoms with Crippen molar-refractivity contribution in [2.75, 3.05) is 0 Å². The highest BCUT2D eigenvalue weighted by atomic mass is 16.3. The fourth-order valence-electron chi connectivity index (χ4n) is 2.88. The predicted octanol–water partition coefficient (Wildman–Crippen LogP) is 4.91. The van der Waals surface area contributed by atoms with Crippen LogP contribution in [0, 0.1) is 6.92 Å². The molecule has 108 valence electrons. The highest BCUT2D eigenvalue weighted by molar-refractivity contribution is 6.09. The molecule has 4 aromatic rings. The van der Waals surface area contributed by atoms with Crippen molar-refractivity contribution < 1.29 is 4.42 Å². The third-order valence-corrected chi connectivity index (χ3v) is 4.14. The average Bonchev–Trinajstić information content (AvgIpc) is 2.93. The lowest BCUT2D eigenvalue weighted by Gasteiger charge is -2.07. The SMILES string of the molecule is CCc1ccc(-c2c(C)ccc3c2oc2ccncc23)nc1. The number of aryl methyl sites for hydroxylation is 2. The first-order chi connectivity index (χ1) is 10.8. The van der Waals surface area contributed by atoms with Crippen LogP contribution >= 0.6 is 0 Å². The molecule has 0 fully saturated rings. The van der Waals surface area contributed by atoms with Crippen molar-refractivity contribution in [1.82, 2.24) is 9.97 Å². The van der Waals surface area contributed by atoms with Crippen molar-refractivity contribution in [2.24, 2.45) is 0 Å². The smallest absolute Gasteiger partial charge is 0.145 e. The van der Waals surface area contributed by atoms with E-state index in [9.17, 15) is 0 Å². The van der Waals surface area contributed by atoms with Crippen LogP contribution in [-0.2, 0) is 6.42 Å². The van der Waals surface area contributed by atoms with Gasteiger partial charge in [-0.2, -0.15) is 0 Å². The molecule has 3 heterocycles. The maximum atomic E-state index is 6.10. The van der Waals surface area contributed by atoms with Crippen LogP contribution in [0.5, 0.6) is 0 Å². The van der Waals surface area contributed by atoms with Crippen molar-refractivity contribution in [2.45, 2.75) is 20.3 Å². The zero-order chi connectivity index (χ0) is 15.1. The van der Waals surface area contributed by atoms with Gasteiger partial charge in [0.25, 0.3) is 0 Å². The van der Waals surface area contributed by atoms with Crippen LogP contribution in [0.4, 0.5) is 0 Å². The van der Waals surface area contributed by atoms with Gasteiger partial charge in [-0.3, -0.25) is 9.97 Å². The van der Waals surface area contributed by atoms with E-state index in [0.29, 0.717) is 0 Å². The number of nitrogens with zero attached hydrogens (tertiary/aromatic N) is 2. The zero-order valence-electron chi connectivity index (χ0n) is 12.6. The van der Waals surface area contributed by atoms with Gasteiger partial charge in [-0.05, 0) is 36.6 Å². The first kappa shape index (κ1) is 13.0. The molecule has 3 aromatic heterocycles. The predicted molar refractivity (Wildman–Crippen MR) is 88.9 cm³/mol. The number of hydrogen-bond donors (Lipinski definition) is 0. The largest absolute Gasteiger partial charge is 0.455 e. The van der Waals surface area contributed by atoms with Crippen LogP contribution < -0.4 is 0 Å². The van der Waals surface area contributed by atoms with Gasteiger partial charge in [0, 0.05) is 34.9 Å². The Morgan fingerprint density at radius 3 is 2.68 bits per heavy atom. The number of hydrogen-bond acceptors (Lipinski definition) is 3. The van der Waals surface area contributed by atoms with Crippen molar-refractivity contribution in [1.29, 1.82) is 0 Å². The Bertz CT molecular complexity index is 968. The zero-order valence-corrected chi connectivity index (χ0v) is 12.6. The second-order valence-corrected chi connectivity index (χ2v) is 5.51. The minimum atomic E-state index is 0.863. The maximum Gasteiger partial charge on any atom is 0.145 e. The summed E-state index contributed by atoms with van der Waals surface area (Å²) in [4.78, 5) is 8.83. The third-order valence-electron chi connectivity index (χ3n) is 4.14. The lowest BCUT2D eigenvalue weighted by molar-refractivity contribution is 0.669. The Morgan fingerprint density at radius 1 is 1.00 bits per heavy atom. The fraction of sp³-hybridized carbons (Fsp3) is 0.158. The van der Waals surface area contributed by atoms with E-state index in [1.165, 1.54) is 5.56 Å². The highest BCUT2D eigenvalue weighted by Crippen LogP contribution is 2.36. The van der Waals surface area contributed by atoms with Gasteiger partial charge in [-0.1, -0.05) is 25.1 Å². The molecule has 0 radical (unpaired) electrons. The van der Waals surface area contributed by atoms with Gasteiger partial charge in [-0.25, -0.2) is 0 Å². The molecule has 0 atom stereocenters. The molecule has 4 rings (SSSR count). The Labute approximate surface area is 128 Å². The van der Waals surface area contributed by atoms with Crippen LogP contribution in [0.1, 0.15) is 18.1 Å². The van der Waals surface area contributed by atoms with Crippen LogP contribution in [-0.4, -0.2) is 9.97 Å². The summed E-state index contributed by atoms with van der Waals surface area (Å²) in [5.74, 6) is 0. The second-order valence-electron chi connectivity index (χ2n) is 5.51. The first-order valence-electron chi connectivity index (χ1n) is 7.49. The van der Waals surface area contributed by atoms with E-state index in [1.807, 2.05) is 18.5 Å². The molecule has 0 spiro atoms. The van der Waals surface area contributed by atoms with Crippen molar-refractivity contribution in [3.05, 3.63) is 60.0 Å². The van der Waals surface area contributed by atoms with Crippen molar-refractivity contribution >= 4 is 21.9 Å². The minimum Gasteiger partial charge on any atom is -0.455 e.